The minimum Gasteiger partial charge on any atom is -0.286 e. The van der Waals surface area contributed by atoms with E-state index in [-0.39, 0.29) is 0 Å². The molecular formula is C16H24N2S. The molecule has 0 aromatic heterocycles. The van der Waals surface area contributed by atoms with E-state index in [1.807, 2.05) is 39.2 Å². The second kappa shape index (κ2) is 9.56. The molecule has 0 fully saturated rings. The van der Waals surface area contributed by atoms with Crippen LogP contribution >= 0.6 is 11.8 Å². The van der Waals surface area contributed by atoms with Gasteiger partial charge in [0.15, 0.2) is 0 Å². The number of hydrogen-bond donors (Lipinski definition) is 0. The molecule has 0 heterocycles. The van der Waals surface area contributed by atoms with E-state index in [1.165, 1.54) is 4.91 Å². The lowest BCUT2D eigenvalue weighted by Gasteiger charge is -2.08. The summed E-state index contributed by atoms with van der Waals surface area (Å²) in [6.45, 7) is 14.6. The zero-order chi connectivity index (χ0) is 14.8. The molecule has 0 spiro atoms. The predicted octanol–water partition coefficient (Wildman–Crippen LogP) is 4.47. The van der Waals surface area contributed by atoms with Gasteiger partial charge in [-0.05, 0) is 38.2 Å². The number of aliphatic imine (C=N–C) groups is 2. The van der Waals surface area contributed by atoms with Crippen LogP contribution in [0.4, 0.5) is 0 Å². The number of hydrogen-bond acceptors (Lipinski definition) is 3. The molecule has 104 valence electrons. The highest BCUT2D eigenvalue weighted by Gasteiger charge is 2.06. The first-order valence-electron chi connectivity index (χ1n) is 6.20. The minimum absolute atomic E-state index is 0.592. The van der Waals surface area contributed by atoms with Crippen LogP contribution in [0.2, 0.25) is 0 Å². The van der Waals surface area contributed by atoms with Crippen LogP contribution in [-0.4, -0.2) is 31.3 Å². The fourth-order valence-electron chi connectivity index (χ4n) is 1.65. The van der Waals surface area contributed by atoms with Crippen molar-refractivity contribution >= 4 is 23.2 Å². The van der Waals surface area contributed by atoms with E-state index in [2.05, 4.69) is 29.2 Å². The first kappa shape index (κ1) is 17.6. The molecule has 0 aliphatic carbocycles. The van der Waals surface area contributed by atoms with Crippen LogP contribution in [0.5, 0.6) is 0 Å². The summed E-state index contributed by atoms with van der Waals surface area (Å²) in [4.78, 5) is 9.99. The van der Waals surface area contributed by atoms with Gasteiger partial charge in [0, 0.05) is 12.0 Å². The zero-order valence-electron chi connectivity index (χ0n) is 12.7. The lowest BCUT2D eigenvalue weighted by Crippen LogP contribution is -2.13. The van der Waals surface area contributed by atoms with Crippen LogP contribution in [-0.2, 0) is 0 Å². The molecule has 19 heavy (non-hydrogen) atoms. The molecule has 2 nitrogen and oxygen atoms in total. The van der Waals surface area contributed by atoms with Crippen molar-refractivity contribution in [3.05, 3.63) is 47.4 Å². The normalized spacial score (nSPS) is 14.1. The van der Waals surface area contributed by atoms with Crippen molar-refractivity contribution < 1.29 is 0 Å². The number of thioether (sulfide) groups is 1. The highest BCUT2D eigenvalue weighted by Crippen LogP contribution is 2.20. The maximum absolute atomic E-state index is 4.55. The van der Waals surface area contributed by atoms with Gasteiger partial charge in [0.1, 0.15) is 0 Å². The van der Waals surface area contributed by atoms with Gasteiger partial charge in [-0.25, -0.2) is 0 Å². The molecule has 0 unspecified atom stereocenters. The quantitative estimate of drug-likeness (QED) is 0.497. The van der Waals surface area contributed by atoms with E-state index < -0.39 is 0 Å². The van der Waals surface area contributed by atoms with Gasteiger partial charge in [-0.2, -0.15) is 0 Å². The lowest BCUT2D eigenvalue weighted by molar-refractivity contribution is 1.18. The van der Waals surface area contributed by atoms with Gasteiger partial charge in [0.25, 0.3) is 0 Å². The summed E-state index contributed by atoms with van der Waals surface area (Å²) < 4.78 is 0. The summed E-state index contributed by atoms with van der Waals surface area (Å²) in [5, 5.41) is 0. The molecule has 0 saturated carbocycles. The van der Waals surface area contributed by atoms with E-state index in [0.717, 1.165) is 22.6 Å². The van der Waals surface area contributed by atoms with Crippen LogP contribution in [0.15, 0.2) is 57.4 Å². The van der Waals surface area contributed by atoms with E-state index in [9.17, 15) is 0 Å². The van der Waals surface area contributed by atoms with Crippen molar-refractivity contribution in [2.24, 2.45) is 9.98 Å². The molecule has 0 saturated heterocycles. The van der Waals surface area contributed by atoms with E-state index in [0.29, 0.717) is 6.54 Å². The molecule has 0 amide bonds. The summed E-state index contributed by atoms with van der Waals surface area (Å²) in [6.07, 6.45) is 8.00. The third-order valence-electron chi connectivity index (χ3n) is 2.58. The largest absolute Gasteiger partial charge is 0.286 e. The third kappa shape index (κ3) is 5.88. The summed E-state index contributed by atoms with van der Waals surface area (Å²) >= 11 is 1.69. The molecular weight excluding hydrogens is 252 g/mol. The number of rotatable bonds is 7. The van der Waals surface area contributed by atoms with Crippen LogP contribution in [0, 0.1) is 0 Å². The van der Waals surface area contributed by atoms with E-state index in [1.54, 1.807) is 18.8 Å². The Labute approximate surface area is 121 Å². The average Bonchev–Trinajstić information content (AvgIpc) is 2.39. The summed E-state index contributed by atoms with van der Waals surface area (Å²) in [6, 6.07) is 0. The van der Waals surface area contributed by atoms with Crippen LogP contribution in [0.3, 0.4) is 0 Å². The highest BCUT2D eigenvalue weighted by molar-refractivity contribution is 8.02. The van der Waals surface area contributed by atoms with Crippen molar-refractivity contribution in [3.63, 3.8) is 0 Å². The SMILES string of the molecule is C=C(C/N=C(C)\C(=N/C)C(=C)/C=C\C)/C(=C/C)SC. The van der Waals surface area contributed by atoms with Gasteiger partial charge >= 0.3 is 0 Å². The fourth-order valence-corrected chi connectivity index (χ4v) is 2.24. The molecule has 0 aromatic carbocycles. The first-order chi connectivity index (χ1) is 9.01. The fraction of sp³-hybridized carbons (Fsp3) is 0.375. The van der Waals surface area contributed by atoms with Gasteiger partial charge in [-0.3, -0.25) is 9.98 Å². The van der Waals surface area contributed by atoms with Crippen LogP contribution in [0.25, 0.3) is 0 Å². The molecule has 0 N–H and O–H groups in total. The zero-order valence-corrected chi connectivity index (χ0v) is 13.5. The van der Waals surface area contributed by atoms with E-state index >= 15 is 0 Å². The second-order valence-electron chi connectivity index (χ2n) is 3.96. The van der Waals surface area contributed by atoms with Gasteiger partial charge in [0.2, 0.25) is 0 Å². The highest BCUT2D eigenvalue weighted by atomic mass is 32.2. The maximum atomic E-state index is 4.55. The van der Waals surface area contributed by atoms with Crippen molar-refractivity contribution in [1.29, 1.82) is 0 Å². The predicted molar refractivity (Wildman–Crippen MR) is 91.7 cm³/mol. The lowest BCUT2D eigenvalue weighted by atomic mass is 10.1. The minimum atomic E-state index is 0.592. The summed E-state index contributed by atoms with van der Waals surface area (Å²) in [5.74, 6) is 0. The van der Waals surface area contributed by atoms with Crippen LogP contribution < -0.4 is 0 Å². The van der Waals surface area contributed by atoms with Crippen LogP contribution in [0.1, 0.15) is 20.8 Å². The molecule has 0 rings (SSSR count). The molecule has 0 radical (unpaired) electrons. The summed E-state index contributed by atoms with van der Waals surface area (Å²) in [5.41, 5.74) is 3.65. The molecule has 0 aliphatic rings. The Bertz CT molecular complexity index is 451. The third-order valence-corrected chi connectivity index (χ3v) is 3.54. The van der Waals surface area contributed by atoms with Gasteiger partial charge < -0.3 is 0 Å². The molecule has 0 aliphatic heterocycles. The topological polar surface area (TPSA) is 24.7 Å². The molecule has 0 bridgehead atoms. The molecule has 0 atom stereocenters. The monoisotopic (exact) mass is 276 g/mol. The maximum Gasteiger partial charge on any atom is 0.0844 e. The van der Waals surface area contributed by atoms with Gasteiger partial charge in [-0.1, -0.05) is 31.4 Å². The van der Waals surface area contributed by atoms with Crippen molar-refractivity contribution in [2.45, 2.75) is 20.8 Å². The molecule has 0 aromatic rings. The Hall–Kier alpha value is -1.35. The molecule has 3 heteroatoms. The number of allylic oxidation sites excluding steroid dienone is 4. The first-order valence-corrected chi connectivity index (χ1v) is 7.42. The van der Waals surface area contributed by atoms with Gasteiger partial charge in [0.05, 0.1) is 18.0 Å². The standard InChI is InChI=1S/C16H24N2S/c1-8-10-12(3)16(17-6)14(5)18-11-13(4)15(9-2)19-7/h8-10H,3-4,11H2,1-2,5-7H3/b10-8-,15-9-,17-16-,18-14-. The Morgan fingerprint density at radius 2 is 1.89 bits per heavy atom. The number of nitrogens with zero attached hydrogens (tertiary/aromatic N) is 2. The Morgan fingerprint density at radius 3 is 2.32 bits per heavy atom. The van der Waals surface area contributed by atoms with Crippen molar-refractivity contribution in [2.75, 3.05) is 19.8 Å². The van der Waals surface area contributed by atoms with Crippen molar-refractivity contribution in [3.8, 4) is 0 Å². The Kier molecular flexibility index (Phi) is 8.88. The van der Waals surface area contributed by atoms with Gasteiger partial charge in [-0.15, -0.1) is 11.8 Å². The smallest absolute Gasteiger partial charge is 0.0844 e. The summed E-state index contributed by atoms with van der Waals surface area (Å²) in [7, 11) is 1.76. The average molecular weight is 276 g/mol. The van der Waals surface area contributed by atoms with E-state index in [4.69, 9.17) is 0 Å². The second-order valence-corrected chi connectivity index (χ2v) is 4.81. The Balaban J connectivity index is 4.91. The Morgan fingerprint density at radius 1 is 1.26 bits per heavy atom. The van der Waals surface area contributed by atoms with Crippen molar-refractivity contribution in [1.82, 2.24) is 0 Å².